The molecule has 4 nitrogen and oxygen atoms in total. The van der Waals surface area contributed by atoms with E-state index in [1.165, 1.54) is 86.5 Å². The second-order valence-corrected chi connectivity index (χ2v) is 14.6. The van der Waals surface area contributed by atoms with E-state index in [0.717, 1.165) is 12.8 Å². The van der Waals surface area contributed by atoms with Crippen LogP contribution < -0.4 is 9.47 Å². The Labute approximate surface area is 235 Å². The van der Waals surface area contributed by atoms with Gasteiger partial charge in [-0.3, -0.25) is 0 Å². The van der Waals surface area contributed by atoms with Crippen molar-refractivity contribution in [1.82, 2.24) is 0 Å². The number of fused-ring (bicyclic) bond motifs is 4. The van der Waals surface area contributed by atoms with Gasteiger partial charge in [0.25, 0.3) is 0 Å². The number of benzene rings is 2. The summed E-state index contributed by atoms with van der Waals surface area (Å²) in [5, 5.41) is 22.4. The lowest BCUT2D eigenvalue weighted by molar-refractivity contribution is 0.203. The largest absolute Gasteiger partial charge is 0.504 e. The standard InChI is InChI=1S/C35H48O4/c1-33(2)21-35(27-15-29(36)31(17-25(27)33)38-19-23-11-7-5-8-12-23)22-34(3,4)26-18-32(30(37)16-28(26)35)39-20-24-13-9-6-10-14-24/h15-18,23-24,36-37H,5-14,19-22H2,1-4H3. The van der Waals surface area contributed by atoms with Crippen LogP contribution in [0.2, 0.25) is 0 Å². The summed E-state index contributed by atoms with van der Waals surface area (Å²) in [6.07, 6.45) is 14.6. The number of phenols is 2. The van der Waals surface area contributed by atoms with E-state index in [1.807, 2.05) is 12.1 Å². The predicted octanol–water partition coefficient (Wildman–Crippen LogP) is 8.66. The SMILES string of the molecule is CC1(C)CC2(CC(C)(C)c3cc(OCC4CCCCC4)c(O)cc32)c2cc(O)c(OCC3CCCCC3)cc21. The number of hydrogen-bond acceptors (Lipinski definition) is 4. The highest BCUT2D eigenvalue weighted by Gasteiger charge is 2.57. The van der Waals surface area contributed by atoms with Gasteiger partial charge >= 0.3 is 0 Å². The number of ether oxygens (including phenoxy) is 2. The molecule has 4 heteroatoms. The van der Waals surface area contributed by atoms with Gasteiger partial charge in [-0.15, -0.1) is 0 Å². The van der Waals surface area contributed by atoms with Crippen molar-refractivity contribution < 1.29 is 19.7 Å². The molecule has 0 unspecified atom stereocenters. The molecule has 0 radical (unpaired) electrons. The van der Waals surface area contributed by atoms with Crippen LogP contribution in [0.1, 0.15) is 127 Å². The van der Waals surface area contributed by atoms with Crippen molar-refractivity contribution in [2.24, 2.45) is 11.8 Å². The third kappa shape index (κ3) is 4.80. The third-order valence-electron chi connectivity index (χ3n) is 10.6. The molecule has 0 heterocycles. The van der Waals surface area contributed by atoms with Gasteiger partial charge in [0.1, 0.15) is 0 Å². The van der Waals surface area contributed by atoms with Gasteiger partial charge in [0.05, 0.1) is 13.2 Å². The Morgan fingerprint density at radius 3 is 1.36 bits per heavy atom. The van der Waals surface area contributed by atoms with Crippen molar-refractivity contribution in [3.63, 3.8) is 0 Å². The first-order valence-corrected chi connectivity index (χ1v) is 15.6. The topological polar surface area (TPSA) is 58.9 Å². The molecular weight excluding hydrogens is 484 g/mol. The van der Waals surface area contributed by atoms with Crippen molar-refractivity contribution in [1.29, 1.82) is 0 Å². The van der Waals surface area contributed by atoms with Crippen molar-refractivity contribution in [3.05, 3.63) is 46.5 Å². The molecule has 2 fully saturated rings. The van der Waals surface area contributed by atoms with Crippen LogP contribution in [0.5, 0.6) is 23.0 Å². The average Bonchev–Trinajstić information content (AvgIpc) is 3.25. The van der Waals surface area contributed by atoms with Gasteiger partial charge in [0.2, 0.25) is 0 Å². The van der Waals surface area contributed by atoms with Gasteiger partial charge in [0, 0.05) is 5.41 Å². The fraction of sp³-hybridized carbons (Fsp3) is 0.657. The number of phenolic OH excluding ortho intramolecular Hbond substituents is 2. The van der Waals surface area contributed by atoms with Crippen LogP contribution in [0, 0.1) is 11.8 Å². The van der Waals surface area contributed by atoms with E-state index in [2.05, 4.69) is 39.8 Å². The summed E-state index contributed by atoms with van der Waals surface area (Å²) >= 11 is 0. The van der Waals surface area contributed by atoms with Gasteiger partial charge in [-0.25, -0.2) is 0 Å². The fourth-order valence-electron chi connectivity index (χ4n) is 8.69. The molecule has 0 bridgehead atoms. The summed E-state index contributed by atoms with van der Waals surface area (Å²) < 4.78 is 12.5. The van der Waals surface area contributed by atoms with Crippen LogP contribution in [0.25, 0.3) is 0 Å². The zero-order valence-corrected chi connectivity index (χ0v) is 24.6. The molecule has 0 atom stereocenters. The predicted molar refractivity (Wildman–Crippen MR) is 156 cm³/mol. The van der Waals surface area contributed by atoms with Crippen LogP contribution in [-0.2, 0) is 16.2 Å². The molecule has 0 amide bonds. The first-order valence-electron chi connectivity index (χ1n) is 15.6. The zero-order chi connectivity index (χ0) is 27.4. The van der Waals surface area contributed by atoms with Crippen molar-refractivity contribution in [2.75, 3.05) is 13.2 Å². The zero-order valence-electron chi connectivity index (χ0n) is 24.6. The van der Waals surface area contributed by atoms with Crippen molar-refractivity contribution >= 4 is 0 Å². The molecule has 2 saturated carbocycles. The lowest BCUT2D eigenvalue weighted by Gasteiger charge is -2.30. The number of hydrogen-bond donors (Lipinski definition) is 2. The normalized spacial score (nSPS) is 23.5. The Kier molecular flexibility index (Phi) is 6.83. The minimum atomic E-state index is -0.254. The molecule has 2 N–H and O–H groups in total. The Hall–Kier alpha value is -2.36. The lowest BCUT2D eigenvalue weighted by atomic mass is 9.72. The van der Waals surface area contributed by atoms with Crippen LogP contribution in [0.15, 0.2) is 24.3 Å². The molecule has 2 aromatic carbocycles. The van der Waals surface area contributed by atoms with Crippen LogP contribution >= 0.6 is 0 Å². The summed E-state index contributed by atoms with van der Waals surface area (Å²) in [5.74, 6) is 2.90. The molecular formula is C35H48O4. The van der Waals surface area contributed by atoms with Gasteiger partial charge in [-0.2, -0.15) is 0 Å². The molecule has 0 aromatic heterocycles. The van der Waals surface area contributed by atoms with E-state index < -0.39 is 0 Å². The maximum Gasteiger partial charge on any atom is 0.161 e. The van der Waals surface area contributed by atoms with E-state index in [4.69, 9.17) is 9.47 Å². The van der Waals surface area contributed by atoms with E-state index in [0.29, 0.717) is 36.5 Å². The summed E-state index contributed by atoms with van der Waals surface area (Å²) in [7, 11) is 0. The molecule has 6 rings (SSSR count). The second kappa shape index (κ2) is 9.93. The Bertz CT molecular complexity index is 1120. The van der Waals surface area contributed by atoms with Gasteiger partial charge in [-0.1, -0.05) is 66.2 Å². The molecule has 212 valence electrons. The van der Waals surface area contributed by atoms with Gasteiger partial charge < -0.3 is 19.7 Å². The van der Waals surface area contributed by atoms with Crippen molar-refractivity contribution in [2.45, 2.75) is 121 Å². The molecule has 39 heavy (non-hydrogen) atoms. The smallest absolute Gasteiger partial charge is 0.161 e. The molecule has 2 aromatic rings. The third-order valence-corrected chi connectivity index (χ3v) is 10.6. The lowest BCUT2D eigenvalue weighted by Crippen LogP contribution is -2.26. The Morgan fingerprint density at radius 1 is 0.590 bits per heavy atom. The van der Waals surface area contributed by atoms with Crippen LogP contribution in [0.4, 0.5) is 0 Å². The highest BCUT2D eigenvalue weighted by molar-refractivity contribution is 5.65. The summed E-state index contributed by atoms with van der Waals surface area (Å²) in [6.45, 7) is 10.6. The number of aromatic hydroxyl groups is 2. The minimum absolute atomic E-state index is 0.0740. The monoisotopic (exact) mass is 532 g/mol. The maximum atomic E-state index is 11.2. The second-order valence-electron chi connectivity index (χ2n) is 14.6. The van der Waals surface area contributed by atoms with Crippen LogP contribution in [0.3, 0.4) is 0 Å². The summed E-state index contributed by atoms with van der Waals surface area (Å²) in [5.41, 5.74) is 4.51. The van der Waals surface area contributed by atoms with Crippen LogP contribution in [-0.4, -0.2) is 23.4 Å². The quantitative estimate of drug-likeness (QED) is 0.391. The molecule has 0 aliphatic heterocycles. The van der Waals surface area contributed by atoms with Crippen molar-refractivity contribution in [3.8, 4) is 23.0 Å². The number of rotatable bonds is 6. The van der Waals surface area contributed by atoms with E-state index >= 15 is 0 Å². The van der Waals surface area contributed by atoms with E-state index in [1.54, 1.807) is 0 Å². The highest BCUT2D eigenvalue weighted by atomic mass is 16.5. The summed E-state index contributed by atoms with van der Waals surface area (Å²) in [4.78, 5) is 0. The first kappa shape index (κ1) is 26.8. The van der Waals surface area contributed by atoms with E-state index in [-0.39, 0.29) is 27.7 Å². The highest BCUT2D eigenvalue weighted by Crippen LogP contribution is 2.64. The molecule has 1 spiro atoms. The Morgan fingerprint density at radius 2 is 0.974 bits per heavy atom. The fourth-order valence-corrected chi connectivity index (χ4v) is 8.69. The molecule has 4 aliphatic carbocycles. The van der Waals surface area contributed by atoms with Gasteiger partial charge in [0.15, 0.2) is 23.0 Å². The average molecular weight is 533 g/mol. The first-order chi connectivity index (χ1) is 18.6. The minimum Gasteiger partial charge on any atom is -0.504 e. The molecule has 4 aliphatic rings. The Balaban J connectivity index is 1.32. The molecule has 0 saturated heterocycles. The van der Waals surface area contributed by atoms with E-state index in [9.17, 15) is 10.2 Å². The maximum absolute atomic E-state index is 11.2. The van der Waals surface area contributed by atoms with Gasteiger partial charge in [-0.05, 0) is 108 Å². The summed E-state index contributed by atoms with van der Waals surface area (Å²) in [6, 6.07) is 8.20.